The molecule has 0 aliphatic rings. The molecule has 4 nitrogen and oxygen atoms in total. The van der Waals surface area contributed by atoms with Crippen molar-refractivity contribution in [2.24, 2.45) is 0 Å². The van der Waals surface area contributed by atoms with E-state index >= 15 is 0 Å². The minimum absolute atomic E-state index is 0.178. The van der Waals surface area contributed by atoms with Gasteiger partial charge < -0.3 is 10.6 Å². The molecule has 17 heavy (non-hydrogen) atoms. The molecule has 0 unspecified atom stereocenters. The van der Waals surface area contributed by atoms with Crippen LogP contribution in [-0.4, -0.2) is 19.2 Å². The van der Waals surface area contributed by atoms with Crippen LogP contribution in [0.2, 0.25) is 0 Å². The van der Waals surface area contributed by atoms with Crippen molar-refractivity contribution >= 4 is 45.0 Å². The molecular weight excluding hydrogens is 236 g/mol. The molecule has 1 heterocycles. The molecule has 0 aliphatic carbocycles. The first-order chi connectivity index (χ1) is 8.15. The number of aldehydes is 1. The van der Waals surface area contributed by atoms with Gasteiger partial charge >= 0.3 is 0 Å². The van der Waals surface area contributed by atoms with Gasteiger partial charge in [-0.2, -0.15) is 0 Å². The van der Waals surface area contributed by atoms with Gasteiger partial charge in [0.15, 0.2) is 6.29 Å². The lowest BCUT2D eigenvalue weighted by Crippen LogP contribution is -2.06. The zero-order chi connectivity index (χ0) is 12.4. The van der Waals surface area contributed by atoms with Crippen molar-refractivity contribution < 1.29 is 9.59 Å². The number of carbonyl (C=O) groups is 2. The van der Waals surface area contributed by atoms with Crippen molar-refractivity contribution in [3.05, 3.63) is 23.1 Å². The number of anilines is 2. The average Bonchev–Trinajstić information content (AvgIpc) is 2.66. The van der Waals surface area contributed by atoms with Crippen molar-refractivity contribution in [1.29, 1.82) is 0 Å². The topological polar surface area (TPSA) is 58.2 Å². The van der Waals surface area contributed by atoms with Gasteiger partial charge in [-0.15, -0.1) is 11.3 Å². The highest BCUT2D eigenvalue weighted by atomic mass is 32.1. The van der Waals surface area contributed by atoms with E-state index in [1.165, 1.54) is 18.3 Å². The van der Waals surface area contributed by atoms with E-state index in [9.17, 15) is 9.59 Å². The predicted molar refractivity (Wildman–Crippen MR) is 71.1 cm³/mol. The summed E-state index contributed by atoms with van der Waals surface area (Å²) in [5.41, 5.74) is 1.55. The monoisotopic (exact) mass is 248 g/mol. The Labute approximate surface area is 103 Å². The fourth-order valence-corrected chi connectivity index (χ4v) is 2.62. The Balaban J connectivity index is 2.66. The van der Waals surface area contributed by atoms with Gasteiger partial charge in [0.1, 0.15) is 0 Å². The van der Waals surface area contributed by atoms with Gasteiger partial charge in [-0.05, 0) is 18.2 Å². The van der Waals surface area contributed by atoms with E-state index in [1.54, 1.807) is 0 Å². The molecule has 0 saturated heterocycles. The van der Waals surface area contributed by atoms with Crippen LogP contribution in [0, 0.1) is 0 Å². The lowest BCUT2D eigenvalue weighted by molar-refractivity contribution is -0.114. The Bertz CT molecular complexity index is 589. The number of hydrogen-bond acceptors (Lipinski definition) is 4. The van der Waals surface area contributed by atoms with Crippen LogP contribution in [0.1, 0.15) is 16.6 Å². The summed E-state index contributed by atoms with van der Waals surface area (Å²) < 4.78 is 0.981. The molecule has 2 N–H and O–H groups in total. The third kappa shape index (κ3) is 2.14. The molecule has 0 aliphatic heterocycles. The number of hydrogen-bond donors (Lipinski definition) is 2. The molecule has 0 bridgehead atoms. The van der Waals surface area contributed by atoms with Crippen LogP contribution in [0.4, 0.5) is 11.4 Å². The third-order valence-corrected chi connectivity index (χ3v) is 3.51. The lowest BCUT2D eigenvalue weighted by atomic mass is 10.2. The van der Waals surface area contributed by atoms with E-state index in [0.717, 1.165) is 22.1 Å². The predicted octanol–water partition coefficient (Wildman–Crippen LogP) is 2.71. The molecule has 0 saturated carbocycles. The summed E-state index contributed by atoms with van der Waals surface area (Å²) in [5.74, 6) is -0.178. The highest BCUT2D eigenvalue weighted by Gasteiger charge is 2.12. The Morgan fingerprint density at radius 1 is 1.41 bits per heavy atom. The van der Waals surface area contributed by atoms with E-state index < -0.39 is 0 Å². The molecule has 1 aromatic carbocycles. The van der Waals surface area contributed by atoms with E-state index in [4.69, 9.17) is 0 Å². The zero-order valence-electron chi connectivity index (χ0n) is 9.53. The van der Waals surface area contributed by atoms with Gasteiger partial charge in [-0.1, -0.05) is 0 Å². The van der Waals surface area contributed by atoms with Crippen molar-refractivity contribution in [3.8, 4) is 0 Å². The molecule has 1 aromatic heterocycles. The maximum absolute atomic E-state index is 11.1. The highest BCUT2D eigenvalue weighted by molar-refractivity contribution is 7.21. The van der Waals surface area contributed by atoms with E-state index in [-0.39, 0.29) is 5.91 Å². The van der Waals surface area contributed by atoms with Gasteiger partial charge in [0.05, 0.1) is 10.6 Å². The molecule has 2 rings (SSSR count). The Hall–Kier alpha value is -1.88. The van der Waals surface area contributed by atoms with Crippen molar-refractivity contribution in [3.63, 3.8) is 0 Å². The van der Waals surface area contributed by atoms with Gasteiger partial charge in [0.2, 0.25) is 5.91 Å². The fraction of sp³-hybridized carbons (Fsp3) is 0.167. The minimum Gasteiger partial charge on any atom is -0.388 e. The third-order valence-electron chi connectivity index (χ3n) is 2.41. The number of amides is 1. The number of nitrogens with one attached hydrogen (secondary N) is 2. The first-order valence-electron chi connectivity index (χ1n) is 5.12. The Kier molecular flexibility index (Phi) is 3.10. The van der Waals surface area contributed by atoms with Gasteiger partial charge in [-0.3, -0.25) is 9.59 Å². The summed E-state index contributed by atoms with van der Waals surface area (Å²) in [7, 11) is 1.83. The number of carbonyl (C=O) groups excluding carboxylic acids is 2. The number of thiophene rings is 1. The molecule has 0 fully saturated rings. The second-order valence-electron chi connectivity index (χ2n) is 3.60. The maximum Gasteiger partial charge on any atom is 0.221 e. The molecule has 2 aromatic rings. The summed E-state index contributed by atoms with van der Waals surface area (Å²) in [5, 5.41) is 6.63. The number of fused-ring (bicyclic) bond motifs is 1. The molecule has 1 amide bonds. The van der Waals surface area contributed by atoms with Crippen LogP contribution in [0.3, 0.4) is 0 Å². The van der Waals surface area contributed by atoms with Crippen LogP contribution in [0.5, 0.6) is 0 Å². The first kappa shape index (κ1) is 11.6. The van der Waals surface area contributed by atoms with Crippen molar-refractivity contribution in [1.82, 2.24) is 0 Å². The van der Waals surface area contributed by atoms with E-state index in [2.05, 4.69) is 10.6 Å². The summed E-state index contributed by atoms with van der Waals surface area (Å²) in [6.45, 7) is 1.43. The highest BCUT2D eigenvalue weighted by Crippen LogP contribution is 2.36. The normalized spacial score (nSPS) is 10.2. The largest absolute Gasteiger partial charge is 0.388 e. The van der Waals surface area contributed by atoms with E-state index in [1.807, 2.05) is 25.2 Å². The van der Waals surface area contributed by atoms with Crippen molar-refractivity contribution in [2.75, 3.05) is 17.7 Å². The Morgan fingerprint density at radius 2 is 2.18 bits per heavy atom. The van der Waals surface area contributed by atoms with Crippen LogP contribution >= 0.6 is 11.3 Å². The number of rotatable bonds is 3. The molecule has 0 spiro atoms. The SMILES string of the molecule is CNc1ccc2sc(C=O)c(NC(C)=O)c2c1. The van der Waals surface area contributed by atoms with Gasteiger partial charge in [0.25, 0.3) is 0 Å². The van der Waals surface area contributed by atoms with Gasteiger partial charge in [-0.25, -0.2) is 0 Å². The molecule has 88 valence electrons. The molecule has 5 heteroatoms. The molecular formula is C12H12N2O2S. The molecule has 0 radical (unpaired) electrons. The molecule has 0 atom stereocenters. The van der Waals surface area contributed by atoms with Crippen LogP contribution in [0.15, 0.2) is 18.2 Å². The summed E-state index contributed by atoms with van der Waals surface area (Å²) in [4.78, 5) is 22.7. The minimum atomic E-state index is -0.178. The second-order valence-corrected chi connectivity index (χ2v) is 4.69. The number of benzene rings is 1. The summed E-state index contributed by atoms with van der Waals surface area (Å²) in [6, 6.07) is 5.79. The standard InChI is InChI=1S/C12H12N2O2S/c1-7(16)14-12-9-5-8(13-2)3-4-10(9)17-11(12)6-15/h3-6,13H,1-2H3,(H,14,16). The maximum atomic E-state index is 11.1. The van der Waals surface area contributed by atoms with Crippen LogP contribution in [-0.2, 0) is 4.79 Å². The zero-order valence-corrected chi connectivity index (χ0v) is 10.4. The Morgan fingerprint density at radius 3 is 2.76 bits per heavy atom. The lowest BCUT2D eigenvalue weighted by Gasteiger charge is -2.03. The smallest absolute Gasteiger partial charge is 0.221 e. The van der Waals surface area contributed by atoms with Crippen LogP contribution in [0.25, 0.3) is 10.1 Å². The fourth-order valence-electron chi connectivity index (χ4n) is 1.66. The summed E-state index contributed by atoms with van der Waals surface area (Å²) in [6.07, 6.45) is 0.773. The quantitative estimate of drug-likeness (QED) is 0.821. The average molecular weight is 248 g/mol. The van der Waals surface area contributed by atoms with E-state index in [0.29, 0.717) is 10.6 Å². The second kappa shape index (κ2) is 4.55. The summed E-state index contributed by atoms with van der Waals surface area (Å²) >= 11 is 1.37. The van der Waals surface area contributed by atoms with Crippen LogP contribution < -0.4 is 10.6 Å². The van der Waals surface area contributed by atoms with Gasteiger partial charge in [0, 0.05) is 29.7 Å². The van der Waals surface area contributed by atoms with Crippen molar-refractivity contribution in [2.45, 2.75) is 6.92 Å². The first-order valence-corrected chi connectivity index (χ1v) is 5.94.